The summed E-state index contributed by atoms with van der Waals surface area (Å²) in [5.74, 6) is -0.0819. The molecular weight excluding hydrogens is 297 g/mol. The molecular formula is C15H16FN7. The van der Waals surface area contributed by atoms with Gasteiger partial charge in [-0.1, -0.05) is 0 Å². The molecule has 0 amide bonds. The van der Waals surface area contributed by atoms with Crippen molar-refractivity contribution in [2.75, 3.05) is 23.7 Å². The molecule has 8 heteroatoms. The van der Waals surface area contributed by atoms with Gasteiger partial charge in [0.05, 0.1) is 17.5 Å². The fourth-order valence-electron chi connectivity index (χ4n) is 2.86. The van der Waals surface area contributed by atoms with Crippen molar-refractivity contribution in [3.63, 3.8) is 0 Å². The van der Waals surface area contributed by atoms with Gasteiger partial charge in [0.1, 0.15) is 5.52 Å². The van der Waals surface area contributed by atoms with Crippen molar-refractivity contribution in [1.82, 2.24) is 24.9 Å². The van der Waals surface area contributed by atoms with E-state index in [0.29, 0.717) is 22.6 Å². The lowest BCUT2D eigenvalue weighted by molar-refractivity contribution is 0.614. The number of nitrogens with zero attached hydrogens (tertiary/aromatic N) is 5. The van der Waals surface area contributed by atoms with Gasteiger partial charge >= 0.3 is 0 Å². The van der Waals surface area contributed by atoms with Gasteiger partial charge in [-0.25, -0.2) is 19.9 Å². The lowest BCUT2D eigenvalue weighted by Crippen LogP contribution is -2.22. The number of aromatic nitrogens is 5. The number of hydrogen-bond donors (Lipinski definition) is 2. The van der Waals surface area contributed by atoms with E-state index in [1.807, 2.05) is 11.8 Å². The van der Waals surface area contributed by atoms with Crippen molar-refractivity contribution in [3.8, 4) is 11.4 Å². The molecule has 23 heavy (non-hydrogen) atoms. The average molecular weight is 313 g/mol. The van der Waals surface area contributed by atoms with Crippen LogP contribution in [0, 0.1) is 12.7 Å². The predicted octanol–water partition coefficient (Wildman–Crippen LogP) is 2.04. The molecule has 1 saturated heterocycles. The Morgan fingerprint density at radius 1 is 1.22 bits per heavy atom. The Kier molecular flexibility index (Phi) is 3.10. The Morgan fingerprint density at radius 3 is 2.78 bits per heavy atom. The lowest BCUT2D eigenvalue weighted by atomic mass is 10.2. The Balaban J connectivity index is 1.89. The number of nitrogen functional groups attached to an aromatic ring is 1. The van der Waals surface area contributed by atoms with Crippen LogP contribution in [0.1, 0.15) is 18.5 Å². The van der Waals surface area contributed by atoms with Gasteiger partial charge in [-0.05, 0) is 19.8 Å². The molecule has 3 aromatic rings. The highest BCUT2D eigenvalue weighted by molar-refractivity contribution is 5.88. The summed E-state index contributed by atoms with van der Waals surface area (Å²) in [4.78, 5) is 22.2. The number of aromatic amines is 1. The summed E-state index contributed by atoms with van der Waals surface area (Å²) < 4.78 is 14.3. The SMILES string of the molecule is Cc1cnc2[nH]cc(-c3nc(N)c(F)c(N4CCCC4)n3)c2n1. The van der Waals surface area contributed by atoms with Crippen molar-refractivity contribution in [3.05, 3.63) is 23.9 Å². The molecule has 118 valence electrons. The largest absolute Gasteiger partial charge is 0.381 e. The van der Waals surface area contributed by atoms with E-state index in [4.69, 9.17) is 5.73 Å². The summed E-state index contributed by atoms with van der Waals surface area (Å²) in [6.07, 6.45) is 5.45. The second-order valence-electron chi connectivity index (χ2n) is 5.68. The first kappa shape index (κ1) is 13.9. The average Bonchev–Trinajstić information content (AvgIpc) is 3.19. The zero-order valence-corrected chi connectivity index (χ0v) is 12.7. The molecule has 1 aliphatic heterocycles. The van der Waals surface area contributed by atoms with Crippen LogP contribution < -0.4 is 10.6 Å². The molecule has 0 aromatic carbocycles. The third kappa shape index (κ3) is 2.26. The zero-order valence-electron chi connectivity index (χ0n) is 12.7. The zero-order chi connectivity index (χ0) is 16.0. The van der Waals surface area contributed by atoms with E-state index < -0.39 is 5.82 Å². The quantitative estimate of drug-likeness (QED) is 0.751. The van der Waals surface area contributed by atoms with E-state index in [1.165, 1.54) is 0 Å². The van der Waals surface area contributed by atoms with Crippen LogP contribution in [0.25, 0.3) is 22.6 Å². The molecule has 4 heterocycles. The standard InChI is InChI=1S/C15H16FN7/c1-8-6-18-14-11(20-8)9(7-19-14)13-21-12(17)10(16)15(22-13)23-4-2-3-5-23/h6-7H,2-5H2,1H3,(H,18,19)(H2,17,21,22). The molecule has 0 bridgehead atoms. The van der Waals surface area contributed by atoms with Crippen molar-refractivity contribution in [2.45, 2.75) is 19.8 Å². The molecule has 3 aromatic heterocycles. The Bertz CT molecular complexity index is 883. The van der Waals surface area contributed by atoms with Crippen LogP contribution in [0.3, 0.4) is 0 Å². The number of aryl methyl sites for hydroxylation is 1. The number of H-pyrrole nitrogens is 1. The summed E-state index contributed by atoms with van der Waals surface area (Å²) in [7, 11) is 0. The normalized spacial score (nSPS) is 14.8. The van der Waals surface area contributed by atoms with Crippen molar-refractivity contribution in [2.24, 2.45) is 0 Å². The molecule has 0 aliphatic carbocycles. The molecule has 0 spiro atoms. The minimum absolute atomic E-state index is 0.146. The van der Waals surface area contributed by atoms with Crippen LogP contribution >= 0.6 is 0 Å². The summed E-state index contributed by atoms with van der Waals surface area (Å²) >= 11 is 0. The highest BCUT2D eigenvalue weighted by Gasteiger charge is 2.23. The summed E-state index contributed by atoms with van der Waals surface area (Å²) in [6.45, 7) is 3.41. The van der Waals surface area contributed by atoms with E-state index in [2.05, 4.69) is 24.9 Å². The molecule has 0 atom stereocenters. The molecule has 0 unspecified atom stereocenters. The fourth-order valence-corrected chi connectivity index (χ4v) is 2.86. The fraction of sp³-hybridized carbons (Fsp3) is 0.333. The van der Waals surface area contributed by atoms with Crippen molar-refractivity contribution >= 4 is 22.8 Å². The Hall–Kier alpha value is -2.77. The first-order chi connectivity index (χ1) is 11.1. The first-order valence-corrected chi connectivity index (χ1v) is 7.52. The molecule has 0 radical (unpaired) electrons. The van der Waals surface area contributed by atoms with Gasteiger partial charge in [-0.3, -0.25) is 0 Å². The number of hydrogen-bond acceptors (Lipinski definition) is 6. The van der Waals surface area contributed by atoms with Gasteiger partial charge in [-0.15, -0.1) is 0 Å². The molecule has 4 rings (SSSR count). The molecule has 1 fully saturated rings. The second kappa shape index (κ2) is 5.15. The van der Waals surface area contributed by atoms with Crippen LogP contribution in [0.2, 0.25) is 0 Å². The van der Waals surface area contributed by atoms with E-state index in [0.717, 1.165) is 31.6 Å². The maximum Gasteiger partial charge on any atom is 0.207 e. The second-order valence-corrected chi connectivity index (χ2v) is 5.68. The van der Waals surface area contributed by atoms with Gasteiger partial charge in [0, 0.05) is 19.3 Å². The van der Waals surface area contributed by atoms with Crippen LogP contribution in [-0.4, -0.2) is 38.0 Å². The Morgan fingerprint density at radius 2 is 2.00 bits per heavy atom. The maximum absolute atomic E-state index is 14.3. The third-order valence-electron chi connectivity index (χ3n) is 4.01. The summed E-state index contributed by atoms with van der Waals surface area (Å²) in [5, 5.41) is 0. The van der Waals surface area contributed by atoms with E-state index in [9.17, 15) is 4.39 Å². The smallest absolute Gasteiger partial charge is 0.207 e. The van der Waals surface area contributed by atoms with Crippen LogP contribution in [-0.2, 0) is 0 Å². The number of nitrogens with two attached hydrogens (primary N) is 1. The van der Waals surface area contributed by atoms with E-state index >= 15 is 0 Å². The van der Waals surface area contributed by atoms with Gasteiger partial charge in [0.15, 0.2) is 23.1 Å². The maximum atomic E-state index is 14.3. The van der Waals surface area contributed by atoms with Crippen molar-refractivity contribution < 1.29 is 4.39 Å². The molecule has 0 saturated carbocycles. The minimum atomic E-state index is -0.558. The minimum Gasteiger partial charge on any atom is -0.381 e. The number of fused-ring (bicyclic) bond motifs is 1. The summed E-state index contributed by atoms with van der Waals surface area (Å²) in [6, 6.07) is 0. The van der Waals surface area contributed by atoms with Gasteiger partial charge in [0.2, 0.25) is 5.82 Å². The van der Waals surface area contributed by atoms with E-state index in [1.54, 1.807) is 12.4 Å². The highest BCUT2D eigenvalue weighted by Crippen LogP contribution is 2.30. The van der Waals surface area contributed by atoms with Gasteiger partial charge < -0.3 is 15.6 Å². The van der Waals surface area contributed by atoms with Crippen molar-refractivity contribution in [1.29, 1.82) is 0 Å². The van der Waals surface area contributed by atoms with Crippen LogP contribution in [0.15, 0.2) is 12.4 Å². The number of anilines is 2. The molecule has 1 aliphatic rings. The van der Waals surface area contributed by atoms with Crippen LogP contribution in [0.5, 0.6) is 0 Å². The van der Waals surface area contributed by atoms with Gasteiger partial charge in [0.25, 0.3) is 0 Å². The lowest BCUT2D eigenvalue weighted by Gasteiger charge is -2.18. The third-order valence-corrected chi connectivity index (χ3v) is 4.01. The Labute approximate surface area is 131 Å². The topological polar surface area (TPSA) is 96.6 Å². The monoisotopic (exact) mass is 313 g/mol. The number of rotatable bonds is 2. The van der Waals surface area contributed by atoms with Gasteiger partial charge in [-0.2, -0.15) is 4.39 Å². The molecule has 7 nitrogen and oxygen atoms in total. The number of halogens is 1. The number of nitrogens with one attached hydrogen (secondary N) is 1. The van der Waals surface area contributed by atoms with E-state index in [-0.39, 0.29) is 11.6 Å². The first-order valence-electron chi connectivity index (χ1n) is 7.52. The highest BCUT2D eigenvalue weighted by atomic mass is 19.1. The predicted molar refractivity (Wildman–Crippen MR) is 85.5 cm³/mol. The molecule has 3 N–H and O–H groups in total. The van der Waals surface area contributed by atoms with Crippen LogP contribution in [0.4, 0.5) is 16.0 Å². The summed E-state index contributed by atoms with van der Waals surface area (Å²) in [5.41, 5.74) is 8.52.